The number of fused-ring (bicyclic) bond motifs is 1. The van der Waals surface area contributed by atoms with Crippen LogP contribution in [0.2, 0.25) is 0 Å². The molecule has 10 nitrogen and oxygen atoms in total. The summed E-state index contributed by atoms with van der Waals surface area (Å²) in [6.45, 7) is 4.42. The van der Waals surface area contributed by atoms with Crippen molar-refractivity contribution < 1.29 is 23.9 Å². The van der Waals surface area contributed by atoms with Gasteiger partial charge in [-0.05, 0) is 62.4 Å². The van der Waals surface area contributed by atoms with Crippen molar-refractivity contribution in [3.63, 3.8) is 0 Å². The minimum atomic E-state index is -0.551. The fraction of sp³-hybridized carbons (Fsp3) is 0.323. The smallest absolute Gasteiger partial charge is 0.341 e. The molecule has 43 heavy (non-hydrogen) atoms. The van der Waals surface area contributed by atoms with E-state index in [0.29, 0.717) is 39.4 Å². The van der Waals surface area contributed by atoms with Gasteiger partial charge in [-0.3, -0.25) is 9.59 Å². The topological polar surface area (TPSA) is 124 Å². The van der Waals surface area contributed by atoms with Crippen molar-refractivity contribution in [3.8, 4) is 5.75 Å². The number of aryl methyl sites for hydroxylation is 1. The van der Waals surface area contributed by atoms with Crippen molar-refractivity contribution in [2.24, 2.45) is 0 Å². The van der Waals surface area contributed by atoms with Gasteiger partial charge in [0.05, 0.1) is 37.6 Å². The molecule has 12 heteroatoms. The Hall–Kier alpha value is -4.16. The van der Waals surface area contributed by atoms with E-state index in [1.807, 2.05) is 34.9 Å². The summed E-state index contributed by atoms with van der Waals surface area (Å²) in [5.41, 5.74) is 2.96. The number of ether oxygens (including phenoxy) is 2. The highest BCUT2D eigenvalue weighted by Crippen LogP contribution is 2.40. The number of benzene rings is 2. The van der Waals surface area contributed by atoms with Crippen molar-refractivity contribution in [1.29, 1.82) is 0 Å². The molecule has 0 spiro atoms. The van der Waals surface area contributed by atoms with Crippen LogP contribution in [0.5, 0.6) is 5.75 Å². The molecule has 2 aromatic heterocycles. The van der Waals surface area contributed by atoms with E-state index in [1.165, 1.54) is 23.1 Å². The van der Waals surface area contributed by atoms with Gasteiger partial charge < -0.3 is 24.7 Å². The largest absolute Gasteiger partial charge is 0.497 e. The van der Waals surface area contributed by atoms with Gasteiger partial charge in [0.15, 0.2) is 11.0 Å². The number of aromatic nitrogens is 3. The molecule has 1 aliphatic rings. The zero-order valence-electron chi connectivity index (χ0n) is 24.2. The van der Waals surface area contributed by atoms with E-state index in [2.05, 4.69) is 20.8 Å². The molecule has 2 aromatic carbocycles. The average Bonchev–Trinajstić information content (AvgIpc) is 3.71. The summed E-state index contributed by atoms with van der Waals surface area (Å²) in [5.74, 6) is 0.218. The number of esters is 1. The second-order valence-electron chi connectivity index (χ2n) is 9.92. The summed E-state index contributed by atoms with van der Waals surface area (Å²) in [4.78, 5) is 40.1. The van der Waals surface area contributed by atoms with Crippen LogP contribution in [0.25, 0.3) is 0 Å². The number of methoxy groups -OCH3 is 1. The maximum atomic E-state index is 13.4. The highest BCUT2D eigenvalue weighted by molar-refractivity contribution is 8.00. The lowest BCUT2D eigenvalue weighted by atomic mass is 10.1. The highest BCUT2D eigenvalue weighted by atomic mass is 32.2. The lowest BCUT2D eigenvalue weighted by molar-refractivity contribution is -0.115. The van der Waals surface area contributed by atoms with Crippen molar-refractivity contribution in [1.82, 2.24) is 20.1 Å². The zero-order valence-corrected chi connectivity index (χ0v) is 25.8. The fourth-order valence-electron chi connectivity index (χ4n) is 4.82. The second-order valence-corrected chi connectivity index (χ2v) is 12.3. The molecule has 0 fully saturated rings. The van der Waals surface area contributed by atoms with E-state index in [4.69, 9.17) is 9.47 Å². The van der Waals surface area contributed by atoms with Gasteiger partial charge in [-0.1, -0.05) is 48.2 Å². The van der Waals surface area contributed by atoms with Gasteiger partial charge in [0, 0.05) is 10.4 Å². The Morgan fingerprint density at radius 3 is 2.67 bits per heavy atom. The third kappa shape index (κ3) is 7.08. The number of amides is 2. The van der Waals surface area contributed by atoms with Crippen LogP contribution in [0.1, 0.15) is 62.8 Å². The van der Waals surface area contributed by atoms with Crippen LogP contribution in [-0.2, 0) is 35.5 Å². The monoisotopic (exact) mass is 619 g/mol. The standard InChI is InChI=1S/C31H33N5O5S2/c1-4-41-30(39)26-23-14-9-15-24(23)43-29(26)33-27(37)19(2)42-31-35-34-25(36(31)18-20-10-6-5-7-11-20)17-32-28(38)21-12-8-13-22(16-21)40-3/h5-8,10-13,16,19H,4,9,14-15,17-18H2,1-3H3,(H,32,38)(H,33,37)/t19-/m1/s1. The molecule has 2 N–H and O–H groups in total. The minimum Gasteiger partial charge on any atom is -0.497 e. The number of thiophene rings is 1. The predicted molar refractivity (Wildman–Crippen MR) is 166 cm³/mol. The summed E-state index contributed by atoms with van der Waals surface area (Å²) < 4.78 is 12.4. The number of anilines is 1. The van der Waals surface area contributed by atoms with Crippen molar-refractivity contribution in [3.05, 3.63) is 87.6 Å². The molecule has 0 bridgehead atoms. The summed E-state index contributed by atoms with van der Waals surface area (Å²) >= 11 is 2.72. The van der Waals surface area contributed by atoms with Gasteiger partial charge in [0.2, 0.25) is 5.91 Å². The molecule has 0 saturated carbocycles. The Labute approximate surface area is 258 Å². The van der Waals surface area contributed by atoms with Crippen molar-refractivity contribution in [2.75, 3.05) is 19.0 Å². The molecular formula is C31H33N5O5S2. The molecular weight excluding hydrogens is 587 g/mol. The lowest BCUT2D eigenvalue weighted by Gasteiger charge is -2.15. The minimum absolute atomic E-state index is 0.140. The maximum Gasteiger partial charge on any atom is 0.341 e. The quantitative estimate of drug-likeness (QED) is 0.166. The number of carbonyl (C=O) groups is 3. The second kappa shape index (κ2) is 13.9. The molecule has 0 aliphatic heterocycles. The Bertz CT molecular complexity index is 1620. The summed E-state index contributed by atoms with van der Waals surface area (Å²) in [7, 11) is 1.55. The lowest BCUT2D eigenvalue weighted by Crippen LogP contribution is -2.25. The third-order valence-corrected chi connectivity index (χ3v) is 9.29. The first-order valence-electron chi connectivity index (χ1n) is 14.0. The molecule has 2 heterocycles. The van der Waals surface area contributed by atoms with Crippen LogP contribution >= 0.6 is 23.1 Å². The Balaban J connectivity index is 1.33. The van der Waals surface area contributed by atoms with E-state index < -0.39 is 11.2 Å². The number of hydrogen-bond acceptors (Lipinski definition) is 9. The Morgan fingerprint density at radius 2 is 1.91 bits per heavy atom. The number of carbonyl (C=O) groups excluding carboxylic acids is 3. The molecule has 224 valence electrons. The molecule has 1 atom stereocenters. The van der Waals surface area contributed by atoms with Crippen LogP contribution in [0.4, 0.5) is 5.00 Å². The molecule has 5 rings (SSSR count). The molecule has 0 saturated heterocycles. The first-order valence-corrected chi connectivity index (χ1v) is 15.7. The molecule has 0 unspecified atom stereocenters. The average molecular weight is 620 g/mol. The number of nitrogens with zero attached hydrogens (tertiary/aromatic N) is 3. The van der Waals surface area contributed by atoms with Gasteiger partial charge in [0.25, 0.3) is 5.91 Å². The van der Waals surface area contributed by atoms with Crippen molar-refractivity contribution in [2.45, 2.75) is 56.6 Å². The summed E-state index contributed by atoms with van der Waals surface area (Å²) in [6, 6.07) is 16.7. The SMILES string of the molecule is CCOC(=O)c1c(NC(=O)[C@@H](C)Sc2nnc(CNC(=O)c3cccc(OC)c3)n2Cc2ccccc2)sc2c1CCC2. The fourth-order valence-corrected chi connectivity index (χ4v) is 6.97. The van der Waals surface area contributed by atoms with E-state index in [1.54, 1.807) is 45.2 Å². The van der Waals surface area contributed by atoms with E-state index >= 15 is 0 Å². The van der Waals surface area contributed by atoms with Gasteiger partial charge >= 0.3 is 5.97 Å². The highest BCUT2D eigenvalue weighted by Gasteiger charge is 2.30. The molecule has 4 aromatic rings. The first kappa shape index (κ1) is 30.3. The zero-order chi connectivity index (χ0) is 30.3. The van der Waals surface area contributed by atoms with Crippen LogP contribution in [-0.4, -0.2) is 51.5 Å². The third-order valence-electron chi connectivity index (χ3n) is 7.00. The van der Waals surface area contributed by atoms with E-state index in [9.17, 15) is 14.4 Å². The Morgan fingerprint density at radius 1 is 1.09 bits per heavy atom. The number of nitrogens with one attached hydrogen (secondary N) is 2. The van der Waals surface area contributed by atoms with Gasteiger partial charge in [-0.2, -0.15) is 0 Å². The van der Waals surface area contributed by atoms with Gasteiger partial charge in [-0.15, -0.1) is 21.5 Å². The molecule has 0 radical (unpaired) electrons. The summed E-state index contributed by atoms with van der Waals surface area (Å²) in [6.07, 6.45) is 2.69. The van der Waals surface area contributed by atoms with E-state index in [0.717, 1.165) is 35.3 Å². The van der Waals surface area contributed by atoms with Gasteiger partial charge in [0.1, 0.15) is 10.8 Å². The van der Waals surface area contributed by atoms with Crippen LogP contribution < -0.4 is 15.4 Å². The normalized spacial score (nSPS) is 12.8. The number of rotatable bonds is 12. The molecule has 1 aliphatic carbocycles. The summed E-state index contributed by atoms with van der Waals surface area (Å²) in [5, 5.41) is 15.2. The van der Waals surface area contributed by atoms with Gasteiger partial charge in [-0.25, -0.2) is 4.79 Å². The van der Waals surface area contributed by atoms with Crippen LogP contribution in [0.3, 0.4) is 0 Å². The van der Waals surface area contributed by atoms with Crippen LogP contribution in [0.15, 0.2) is 59.8 Å². The maximum absolute atomic E-state index is 13.4. The molecule has 2 amide bonds. The number of hydrogen-bond donors (Lipinski definition) is 2. The van der Waals surface area contributed by atoms with Crippen LogP contribution in [0, 0.1) is 0 Å². The number of thioether (sulfide) groups is 1. The predicted octanol–water partition coefficient (Wildman–Crippen LogP) is 5.11. The Kier molecular flexibility index (Phi) is 9.78. The first-order chi connectivity index (χ1) is 20.9. The van der Waals surface area contributed by atoms with E-state index in [-0.39, 0.29) is 25.0 Å². The van der Waals surface area contributed by atoms with Crippen molar-refractivity contribution >= 4 is 45.9 Å².